The van der Waals surface area contributed by atoms with E-state index in [0.717, 1.165) is 45.4 Å². The van der Waals surface area contributed by atoms with E-state index in [1.807, 2.05) is 31.2 Å². The Bertz CT molecular complexity index is 782. The lowest BCUT2D eigenvalue weighted by Gasteiger charge is -2.07. The van der Waals surface area contributed by atoms with Gasteiger partial charge in [0.25, 0.3) is 0 Å². The van der Waals surface area contributed by atoms with Crippen LogP contribution in [0.3, 0.4) is 0 Å². The van der Waals surface area contributed by atoms with Gasteiger partial charge in [0.05, 0.1) is 7.11 Å². The first-order chi connectivity index (χ1) is 11.2. The molecular weight excluding hydrogens is 330 g/mol. The summed E-state index contributed by atoms with van der Waals surface area (Å²) in [5.41, 5.74) is 1.01. The molecule has 0 aliphatic rings. The lowest BCUT2D eigenvalue weighted by atomic mass is 10.2. The van der Waals surface area contributed by atoms with Crippen molar-refractivity contribution in [1.29, 1.82) is 0 Å². The van der Waals surface area contributed by atoms with Crippen LogP contribution in [0.2, 0.25) is 0 Å². The van der Waals surface area contributed by atoms with Crippen LogP contribution in [0.5, 0.6) is 5.75 Å². The summed E-state index contributed by atoms with van der Waals surface area (Å²) < 4.78 is 12.5. The van der Waals surface area contributed by atoms with Gasteiger partial charge in [0.1, 0.15) is 11.6 Å². The summed E-state index contributed by atoms with van der Waals surface area (Å²) in [5, 5.41) is 9.49. The Labute approximate surface area is 143 Å². The Kier molecular flexibility index (Phi) is 4.92. The van der Waals surface area contributed by atoms with Crippen molar-refractivity contribution >= 4 is 23.3 Å². The van der Waals surface area contributed by atoms with Crippen molar-refractivity contribution in [3.8, 4) is 17.1 Å². The third kappa shape index (κ3) is 3.37. The van der Waals surface area contributed by atoms with E-state index in [0.29, 0.717) is 0 Å². The van der Waals surface area contributed by atoms with E-state index in [4.69, 9.17) is 4.74 Å². The van der Waals surface area contributed by atoms with Crippen molar-refractivity contribution in [3.63, 3.8) is 0 Å². The van der Waals surface area contributed by atoms with Crippen molar-refractivity contribution in [2.24, 2.45) is 0 Å². The molecule has 3 aromatic rings. The van der Waals surface area contributed by atoms with E-state index >= 15 is 0 Å². The number of hydrogen-bond donors (Lipinski definition) is 0. The SMILES string of the molecule is CCc1nsc(Sc2nnc(-c3ccc(OC)cc3)n2CC)n1. The van der Waals surface area contributed by atoms with E-state index in [-0.39, 0.29) is 0 Å². The van der Waals surface area contributed by atoms with Gasteiger partial charge in [-0.1, -0.05) is 6.92 Å². The standard InChI is InChI=1S/C15H17N5OS2/c1-4-12-16-15(23-19-12)22-14-18-17-13(20(14)5-2)10-6-8-11(21-3)9-7-10/h6-9H,4-5H2,1-3H3. The second kappa shape index (κ2) is 7.10. The average molecular weight is 347 g/mol. The molecule has 2 heterocycles. The van der Waals surface area contributed by atoms with Gasteiger partial charge in [0.2, 0.25) is 0 Å². The smallest absolute Gasteiger partial charge is 0.198 e. The van der Waals surface area contributed by atoms with Crippen molar-refractivity contribution in [2.45, 2.75) is 36.3 Å². The van der Waals surface area contributed by atoms with Gasteiger partial charge in [0, 0.05) is 18.5 Å². The first kappa shape index (κ1) is 15.9. The maximum Gasteiger partial charge on any atom is 0.198 e. The molecule has 0 unspecified atom stereocenters. The number of aryl methyl sites for hydroxylation is 1. The molecule has 23 heavy (non-hydrogen) atoms. The first-order valence-electron chi connectivity index (χ1n) is 7.33. The Hall–Kier alpha value is -1.93. The molecule has 0 amide bonds. The van der Waals surface area contributed by atoms with Crippen LogP contribution >= 0.6 is 23.3 Å². The Morgan fingerprint density at radius 2 is 1.96 bits per heavy atom. The minimum absolute atomic E-state index is 0.788. The number of rotatable bonds is 6. The van der Waals surface area contributed by atoms with Crippen LogP contribution in [0, 0.1) is 0 Å². The molecular formula is C15H17N5OS2. The van der Waals surface area contributed by atoms with Gasteiger partial charge in [-0.05, 0) is 54.5 Å². The van der Waals surface area contributed by atoms with Gasteiger partial charge in [-0.25, -0.2) is 4.98 Å². The number of benzene rings is 1. The zero-order valence-electron chi connectivity index (χ0n) is 13.2. The molecule has 0 aliphatic carbocycles. The first-order valence-corrected chi connectivity index (χ1v) is 8.92. The van der Waals surface area contributed by atoms with E-state index in [9.17, 15) is 0 Å². The predicted molar refractivity (Wildman–Crippen MR) is 91.1 cm³/mol. The molecule has 0 atom stereocenters. The van der Waals surface area contributed by atoms with Crippen molar-refractivity contribution < 1.29 is 4.74 Å². The molecule has 0 aliphatic heterocycles. The van der Waals surface area contributed by atoms with Gasteiger partial charge >= 0.3 is 0 Å². The molecule has 0 saturated heterocycles. The molecule has 0 spiro atoms. The van der Waals surface area contributed by atoms with Crippen LogP contribution in [-0.2, 0) is 13.0 Å². The van der Waals surface area contributed by atoms with Gasteiger partial charge in [-0.2, -0.15) is 4.37 Å². The van der Waals surface area contributed by atoms with E-state index in [1.54, 1.807) is 7.11 Å². The third-order valence-electron chi connectivity index (χ3n) is 3.33. The van der Waals surface area contributed by atoms with Crippen LogP contribution in [0.15, 0.2) is 33.8 Å². The van der Waals surface area contributed by atoms with Crippen molar-refractivity contribution in [3.05, 3.63) is 30.1 Å². The predicted octanol–water partition coefficient (Wildman–Crippen LogP) is 3.54. The summed E-state index contributed by atoms with van der Waals surface area (Å²) in [7, 11) is 1.66. The molecule has 0 saturated carbocycles. The second-order valence-electron chi connectivity index (χ2n) is 4.71. The highest BCUT2D eigenvalue weighted by molar-refractivity contribution is 8.00. The summed E-state index contributed by atoms with van der Waals surface area (Å²) in [6.07, 6.45) is 0.842. The Morgan fingerprint density at radius 3 is 2.57 bits per heavy atom. The molecule has 1 aromatic carbocycles. The van der Waals surface area contributed by atoms with Gasteiger partial charge in [-0.3, -0.25) is 0 Å². The molecule has 8 heteroatoms. The maximum atomic E-state index is 5.20. The summed E-state index contributed by atoms with van der Waals surface area (Å²) in [5.74, 6) is 2.54. The lowest BCUT2D eigenvalue weighted by Crippen LogP contribution is -1.99. The highest BCUT2D eigenvalue weighted by atomic mass is 32.2. The highest BCUT2D eigenvalue weighted by Crippen LogP contribution is 2.31. The molecule has 0 N–H and O–H groups in total. The largest absolute Gasteiger partial charge is 0.497 e. The van der Waals surface area contributed by atoms with Gasteiger partial charge in [-0.15, -0.1) is 10.2 Å². The number of aromatic nitrogens is 5. The number of ether oxygens (including phenoxy) is 1. The van der Waals surface area contributed by atoms with Gasteiger partial charge < -0.3 is 9.30 Å². The molecule has 120 valence electrons. The number of methoxy groups -OCH3 is 1. The Balaban J connectivity index is 1.89. The fraction of sp³-hybridized carbons (Fsp3) is 0.333. The monoisotopic (exact) mass is 347 g/mol. The Morgan fingerprint density at radius 1 is 1.17 bits per heavy atom. The quantitative estimate of drug-likeness (QED) is 0.679. The third-order valence-corrected chi connectivity index (χ3v) is 5.10. The van der Waals surface area contributed by atoms with Gasteiger partial charge in [0.15, 0.2) is 15.3 Å². The fourth-order valence-electron chi connectivity index (χ4n) is 2.10. The van der Waals surface area contributed by atoms with E-state index < -0.39 is 0 Å². The second-order valence-corrected chi connectivity index (χ2v) is 6.68. The minimum atomic E-state index is 0.788. The highest BCUT2D eigenvalue weighted by Gasteiger charge is 2.15. The molecule has 3 rings (SSSR count). The fourth-order valence-corrected chi connectivity index (χ4v) is 3.80. The lowest BCUT2D eigenvalue weighted by molar-refractivity contribution is 0.415. The molecule has 0 bridgehead atoms. The molecule has 2 aromatic heterocycles. The van der Waals surface area contributed by atoms with Crippen LogP contribution < -0.4 is 4.74 Å². The van der Waals surface area contributed by atoms with Crippen LogP contribution in [-0.4, -0.2) is 31.2 Å². The normalized spacial score (nSPS) is 10.9. The summed E-state index contributed by atoms with van der Waals surface area (Å²) in [6.45, 7) is 4.92. The summed E-state index contributed by atoms with van der Waals surface area (Å²) >= 11 is 2.91. The topological polar surface area (TPSA) is 65.7 Å². The van der Waals surface area contributed by atoms with Crippen molar-refractivity contribution in [1.82, 2.24) is 24.1 Å². The van der Waals surface area contributed by atoms with Crippen LogP contribution in [0.1, 0.15) is 19.7 Å². The summed E-state index contributed by atoms with van der Waals surface area (Å²) in [4.78, 5) is 4.48. The minimum Gasteiger partial charge on any atom is -0.497 e. The van der Waals surface area contributed by atoms with Crippen LogP contribution in [0.4, 0.5) is 0 Å². The maximum absolute atomic E-state index is 5.20. The zero-order chi connectivity index (χ0) is 16.2. The molecule has 0 fully saturated rings. The zero-order valence-corrected chi connectivity index (χ0v) is 14.8. The van der Waals surface area contributed by atoms with E-state index in [2.05, 4.69) is 31.0 Å². The average Bonchev–Trinajstić information content (AvgIpc) is 3.21. The van der Waals surface area contributed by atoms with E-state index in [1.165, 1.54) is 23.3 Å². The summed E-state index contributed by atoms with van der Waals surface area (Å²) in [6, 6.07) is 7.83. The van der Waals surface area contributed by atoms with Crippen LogP contribution in [0.25, 0.3) is 11.4 Å². The van der Waals surface area contributed by atoms with Crippen molar-refractivity contribution in [2.75, 3.05) is 7.11 Å². The molecule has 0 radical (unpaired) electrons. The number of nitrogens with zero attached hydrogens (tertiary/aromatic N) is 5. The number of hydrogen-bond acceptors (Lipinski definition) is 7. The molecule has 6 nitrogen and oxygen atoms in total.